The Bertz CT molecular complexity index is 3270. The van der Waals surface area contributed by atoms with Crippen LogP contribution in [0.2, 0.25) is 0 Å². The molecule has 0 N–H and O–H groups in total. The van der Waals surface area contributed by atoms with Crippen LogP contribution in [0.4, 0.5) is 17.1 Å². The Morgan fingerprint density at radius 3 is 1.67 bits per heavy atom. The van der Waals surface area contributed by atoms with Crippen molar-refractivity contribution in [1.29, 1.82) is 0 Å². The van der Waals surface area contributed by atoms with Crippen molar-refractivity contribution in [3.8, 4) is 44.5 Å². The normalized spacial score (nSPS) is 11.4. The van der Waals surface area contributed by atoms with Crippen molar-refractivity contribution in [2.24, 2.45) is 0 Å². The van der Waals surface area contributed by atoms with Gasteiger partial charge in [-0.05, 0) is 103 Å². The average Bonchev–Trinajstić information content (AvgIpc) is 3.66. The maximum atomic E-state index is 6.73. The number of para-hydroxylation sites is 1. The van der Waals surface area contributed by atoms with Crippen LogP contribution in [-0.2, 0) is 0 Å². The second-order valence-electron chi connectivity index (χ2n) is 14.9. The zero-order chi connectivity index (χ0) is 38.4. The van der Waals surface area contributed by atoms with E-state index in [2.05, 4.69) is 229 Å². The van der Waals surface area contributed by atoms with Gasteiger partial charge in [0.2, 0.25) is 0 Å². The first-order valence-electron chi connectivity index (χ1n) is 19.8. The molecule has 2 heteroatoms. The number of benzene rings is 10. The van der Waals surface area contributed by atoms with Gasteiger partial charge in [-0.2, -0.15) is 0 Å². The number of hydrogen-bond donors (Lipinski definition) is 0. The minimum atomic E-state index is 0.899. The molecule has 0 atom stereocenters. The van der Waals surface area contributed by atoms with Crippen molar-refractivity contribution < 1.29 is 4.42 Å². The van der Waals surface area contributed by atoms with Crippen LogP contribution in [0.25, 0.3) is 88.0 Å². The van der Waals surface area contributed by atoms with Crippen LogP contribution in [-0.4, -0.2) is 0 Å². The maximum absolute atomic E-state index is 6.73. The summed E-state index contributed by atoms with van der Waals surface area (Å²) in [4.78, 5) is 2.41. The molecule has 0 fully saturated rings. The van der Waals surface area contributed by atoms with Crippen molar-refractivity contribution in [2.45, 2.75) is 0 Å². The van der Waals surface area contributed by atoms with Crippen LogP contribution >= 0.6 is 0 Å². The highest BCUT2D eigenvalue weighted by atomic mass is 16.3. The van der Waals surface area contributed by atoms with Gasteiger partial charge in [0.05, 0.1) is 5.69 Å². The quantitative estimate of drug-likeness (QED) is 0.162. The highest BCUT2D eigenvalue weighted by molar-refractivity contribution is 6.13. The van der Waals surface area contributed by atoms with Gasteiger partial charge in [-0.25, -0.2) is 0 Å². The van der Waals surface area contributed by atoms with Gasteiger partial charge in [-0.3, -0.25) is 0 Å². The summed E-state index contributed by atoms with van der Waals surface area (Å²) in [6, 6.07) is 80.7. The Kier molecular flexibility index (Phi) is 8.19. The Morgan fingerprint density at radius 2 is 0.862 bits per heavy atom. The van der Waals surface area contributed by atoms with Gasteiger partial charge in [0.25, 0.3) is 0 Å². The lowest BCUT2D eigenvalue weighted by atomic mass is 9.94. The van der Waals surface area contributed by atoms with E-state index in [1.165, 1.54) is 43.8 Å². The molecule has 0 spiro atoms. The number of furan rings is 1. The molecule has 0 saturated heterocycles. The Hall–Kier alpha value is -7.68. The first-order chi connectivity index (χ1) is 28.7. The second-order valence-corrected chi connectivity index (χ2v) is 14.9. The van der Waals surface area contributed by atoms with Gasteiger partial charge in [-0.1, -0.05) is 176 Å². The van der Waals surface area contributed by atoms with E-state index in [1.54, 1.807) is 0 Å². The van der Waals surface area contributed by atoms with Crippen molar-refractivity contribution in [1.82, 2.24) is 0 Å². The molecule has 10 aromatic carbocycles. The SMILES string of the molecule is c1ccc(-c2ccc(N(c3cccc(-c4cccc5ccccc45)c3)c3ccc(-c4cccc5c4oc4cc6ccccc6cc45)cc3-c3ccccc3)cc2)cc1. The Balaban J connectivity index is 1.11. The van der Waals surface area contributed by atoms with Crippen LogP contribution in [0.15, 0.2) is 229 Å². The van der Waals surface area contributed by atoms with E-state index in [9.17, 15) is 0 Å². The van der Waals surface area contributed by atoms with Gasteiger partial charge in [0, 0.05) is 33.3 Å². The van der Waals surface area contributed by atoms with Crippen molar-refractivity contribution >= 4 is 60.5 Å². The summed E-state index contributed by atoms with van der Waals surface area (Å²) in [5, 5.41) is 7.10. The summed E-state index contributed by atoms with van der Waals surface area (Å²) in [7, 11) is 0. The monoisotopic (exact) mass is 739 g/mol. The molecule has 11 aromatic rings. The molecule has 0 radical (unpaired) electrons. The molecule has 0 amide bonds. The van der Waals surface area contributed by atoms with Gasteiger partial charge in [-0.15, -0.1) is 0 Å². The van der Waals surface area contributed by atoms with Gasteiger partial charge in [0.15, 0.2) is 0 Å². The summed E-state index contributed by atoms with van der Waals surface area (Å²) in [6.07, 6.45) is 0. The van der Waals surface area contributed by atoms with Crippen LogP contribution in [0, 0.1) is 0 Å². The van der Waals surface area contributed by atoms with E-state index in [-0.39, 0.29) is 0 Å². The topological polar surface area (TPSA) is 16.4 Å². The summed E-state index contributed by atoms with van der Waals surface area (Å²) in [6.45, 7) is 0. The van der Waals surface area contributed by atoms with E-state index in [0.717, 1.165) is 61.3 Å². The highest BCUT2D eigenvalue weighted by Gasteiger charge is 2.21. The molecule has 0 saturated carbocycles. The van der Waals surface area contributed by atoms with E-state index >= 15 is 0 Å². The van der Waals surface area contributed by atoms with Crippen LogP contribution < -0.4 is 4.90 Å². The van der Waals surface area contributed by atoms with Crippen molar-refractivity contribution in [2.75, 3.05) is 4.90 Å². The lowest BCUT2D eigenvalue weighted by Gasteiger charge is -2.29. The fourth-order valence-electron chi connectivity index (χ4n) is 8.61. The van der Waals surface area contributed by atoms with Crippen LogP contribution in [0.1, 0.15) is 0 Å². The number of rotatable bonds is 7. The predicted octanol–water partition coefficient (Wildman–Crippen LogP) is 16.0. The lowest BCUT2D eigenvalue weighted by molar-refractivity contribution is 0.670. The zero-order valence-corrected chi connectivity index (χ0v) is 31.7. The molecule has 1 aromatic heterocycles. The van der Waals surface area contributed by atoms with E-state index < -0.39 is 0 Å². The van der Waals surface area contributed by atoms with Crippen molar-refractivity contribution in [3.05, 3.63) is 224 Å². The molecule has 272 valence electrons. The standard InChI is InChI=1S/C56H37NO/c1-3-14-38(15-4-1)39-28-31-46(32-29-39)57(47-23-11-22-44(34-47)49-25-12-21-40-18-9-10-24-48(40)49)54-33-30-45(36-52(54)41-16-5-2-6-17-41)50-26-13-27-51-53-35-42-19-7-8-20-43(42)37-55(53)58-56(50)51/h1-37H. The van der Waals surface area contributed by atoms with Crippen LogP contribution in [0.5, 0.6) is 0 Å². The highest BCUT2D eigenvalue weighted by Crippen LogP contribution is 2.46. The van der Waals surface area contributed by atoms with Crippen molar-refractivity contribution in [3.63, 3.8) is 0 Å². The predicted molar refractivity (Wildman–Crippen MR) is 245 cm³/mol. The molecule has 0 unspecified atom stereocenters. The maximum Gasteiger partial charge on any atom is 0.143 e. The second kappa shape index (κ2) is 14.1. The third-order valence-electron chi connectivity index (χ3n) is 11.4. The minimum absolute atomic E-state index is 0.899. The van der Waals surface area contributed by atoms with E-state index in [0.29, 0.717) is 0 Å². The summed E-state index contributed by atoms with van der Waals surface area (Å²) >= 11 is 0. The molecule has 0 aliphatic carbocycles. The largest absolute Gasteiger partial charge is 0.455 e. The van der Waals surface area contributed by atoms with Gasteiger partial charge >= 0.3 is 0 Å². The van der Waals surface area contributed by atoms with Crippen LogP contribution in [0.3, 0.4) is 0 Å². The fourth-order valence-corrected chi connectivity index (χ4v) is 8.61. The van der Waals surface area contributed by atoms with E-state index in [4.69, 9.17) is 4.42 Å². The smallest absolute Gasteiger partial charge is 0.143 e. The van der Waals surface area contributed by atoms with Gasteiger partial charge < -0.3 is 9.32 Å². The molecule has 58 heavy (non-hydrogen) atoms. The number of hydrogen-bond acceptors (Lipinski definition) is 2. The molecular formula is C56H37NO. The third kappa shape index (κ3) is 5.91. The molecular weight excluding hydrogens is 703 g/mol. The third-order valence-corrected chi connectivity index (χ3v) is 11.4. The Labute approximate surface area is 337 Å². The number of fused-ring (bicyclic) bond motifs is 5. The number of nitrogens with zero attached hydrogens (tertiary/aromatic N) is 1. The van der Waals surface area contributed by atoms with Gasteiger partial charge in [0.1, 0.15) is 11.2 Å². The molecule has 2 nitrogen and oxygen atoms in total. The fraction of sp³-hybridized carbons (Fsp3) is 0. The summed E-state index contributed by atoms with van der Waals surface area (Å²) in [5.41, 5.74) is 14.2. The molecule has 0 bridgehead atoms. The lowest BCUT2D eigenvalue weighted by Crippen LogP contribution is -2.11. The van der Waals surface area contributed by atoms with E-state index in [1.807, 2.05) is 0 Å². The molecule has 11 rings (SSSR count). The average molecular weight is 740 g/mol. The first kappa shape index (κ1) is 33.6. The molecule has 0 aliphatic rings. The molecule has 1 heterocycles. The zero-order valence-electron chi connectivity index (χ0n) is 31.7. The minimum Gasteiger partial charge on any atom is -0.455 e. The summed E-state index contributed by atoms with van der Waals surface area (Å²) < 4.78 is 6.73. The first-order valence-corrected chi connectivity index (χ1v) is 19.8. The molecule has 0 aliphatic heterocycles. The Morgan fingerprint density at radius 1 is 0.293 bits per heavy atom. The number of anilines is 3. The summed E-state index contributed by atoms with van der Waals surface area (Å²) in [5.74, 6) is 0.